The van der Waals surface area contributed by atoms with E-state index >= 15 is 0 Å². The third-order valence-electron chi connectivity index (χ3n) is 2.41. The zero-order chi connectivity index (χ0) is 12.3. The van der Waals surface area contributed by atoms with Gasteiger partial charge in [0.1, 0.15) is 0 Å². The first-order valence-corrected chi connectivity index (χ1v) is 6.01. The number of rotatable bonds is 3. The molecule has 0 radical (unpaired) electrons. The number of nitrogens with one attached hydrogen (secondary N) is 1. The van der Waals surface area contributed by atoms with Crippen LogP contribution in [-0.4, -0.2) is 16.2 Å². The first kappa shape index (κ1) is 11.6. The average molecular weight is 248 g/mol. The molecular weight excluding hydrogens is 236 g/mol. The highest BCUT2D eigenvalue weighted by atomic mass is 32.1. The van der Waals surface area contributed by atoms with Crippen molar-refractivity contribution in [3.63, 3.8) is 0 Å². The van der Waals surface area contributed by atoms with Gasteiger partial charge in [0, 0.05) is 6.54 Å². The number of thiazole rings is 1. The lowest BCUT2D eigenvalue weighted by atomic mass is 10.1. The number of amides is 1. The summed E-state index contributed by atoms with van der Waals surface area (Å²) in [5.74, 6) is 0. The van der Waals surface area contributed by atoms with Gasteiger partial charge in [0.15, 0.2) is 0 Å². The topological polar surface area (TPSA) is 62.2 Å². The molecule has 0 aliphatic carbocycles. The predicted octanol–water partition coefficient (Wildman–Crippen LogP) is 2.89. The lowest BCUT2D eigenvalue weighted by Crippen LogP contribution is -2.19. The summed E-state index contributed by atoms with van der Waals surface area (Å²) in [4.78, 5) is 15.7. The number of nitrogens with zero attached hydrogens (tertiary/aromatic N) is 1. The van der Waals surface area contributed by atoms with E-state index in [1.54, 1.807) is 11.3 Å². The third-order valence-corrected chi connectivity index (χ3v) is 3.38. The maximum Gasteiger partial charge on any atom is 0.404 e. The summed E-state index contributed by atoms with van der Waals surface area (Å²) in [5.41, 5.74) is 4.90. The van der Waals surface area contributed by atoms with Crippen molar-refractivity contribution < 1.29 is 9.90 Å². The highest BCUT2D eigenvalue weighted by Gasteiger charge is 2.04. The lowest BCUT2D eigenvalue weighted by Gasteiger charge is -2.03. The van der Waals surface area contributed by atoms with Crippen LogP contribution >= 0.6 is 11.3 Å². The molecule has 0 fully saturated rings. The molecule has 0 saturated heterocycles. The van der Waals surface area contributed by atoms with Gasteiger partial charge in [-0.15, -0.1) is 11.3 Å². The highest BCUT2D eigenvalue weighted by molar-refractivity contribution is 7.13. The van der Waals surface area contributed by atoms with Gasteiger partial charge in [-0.05, 0) is 18.1 Å². The molecule has 0 atom stereocenters. The van der Waals surface area contributed by atoms with Crippen molar-refractivity contribution in [2.24, 2.45) is 0 Å². The third kappa shape index (κ3) is 2.82. The SMILES string of the molecule is Cc1ncsc1-c1ccc(CNC(=O)O)cc1. The van der Waals surface area contributed by atoms with Crippen molar-refractivity contribution in [1.82, 2.24) is 10.3 Å². The van der Waals surface area contributed by atoms with Gasteiger partial charge in [0.05, 0.1) is 16.1 Å². The summed E-state index contributed by atoms with van der Waals surface area (Å²) >= 11 is 1.61. The smallest absolute Gasteiger partial charge is 0.404 e. The summed E-state index contributed by atoms with van der Waals surface area (Å²) < 4.78 is 0. The van der Waals surface area contributed by atoms with Crippen LogP contribution in [0, 0.1) is 6.92 Å². The van der Waals surface area contributed by atoms with E-state index in [1.807, 2.05) is 36.7 Å². The zero-order valence-corrected chi connectivity index (χ0v) is 10.1. The Bertz CT molecular complexity index is 520. The van der Waals surface area contributed by atoms with Gasteiger partial charge in [0.2, 0.25) is 0 Å². The van der Waals surface area contributed by atoms with Crippen LogP contribution in [0.5, 0.6) is 0 Å². The molecule has 4 nitrogen and oxygen atoms in total. The molecule has 0 spiro atoms. The number of carbonyl (C=O) groups is 1. The maximum absolute atomic E-state index is 10.4. The summed E-state index contributed by atoms with van der Waals surface area (Å²) in [6.45, 7) is 2.31. The largest absolute Gasteiger partial charge is 0.465 e. The van der Waals surface area contributed by atoms with Gasteiger partial charge in [0.25, 0.3) is 0 Å². The van der Waals surface area contributed by atoms with Gasteiger partial charge >= 0.3 is 6.09 Å². The van der Waals surface area contributed by atoms with E-state index in [2.05, 4.69) is 10.3 Å². The fraction of sp³-hybridized carbons (Fsp3) is 0.167. The molecule has 1 aromatic heterocycles. The van der Waals surface area contributed by atoms with Crippen LogP contribution < -0.4 is 5.32 Å². The average Bonchev–Trinajstić information content (AvgIpc) is 2.73. The fourth-order valence-electron chi connectivity index (χ4n) is 1.53. The quantitative estimate of drug-likeness (QED) is 0.878. The Kier molecular flexibility index (Phi) is 3.39. The van der Waals surface area contributed by atoms with Crippen LogP contribution in [-0.2, 0) is 6.54 Å². The molecule has 0 saturated carbocycles. The van der Waals surface area contributed by atoms with E-state index in [0.717, 1.165) is 21.7 Å². The zero-order valence-electron chi connectivity index (χ0n) is 9.30. The summed E-state index contributed by atoms with van der Waals surface area (Å²) in [6, 6.07) is 7.81. The minimum atomic E-state index is -1.01. The Morgan fingerprint density at radius 3 is 2.65 bits per heavy atom. The van der Waals surface area contributed by atoms with E-state index in [-0.39, 0.29) is 0 Å². The van der Waals surface area contributed by atoms with E-state index < -0.39 is 6.09 Å². The molecule has 1 aromatic carbocycles. The van der Waals surface area contributed by atoms with Crippen molar-refractivity contribution in [2.75, 3.05) is 0 Å². The molecule has 0 aliphatic rings. The second-order valence-corrected chi connectivity index (χ2v) is 4.48. The second-order valence-electron chi connectivity index (χ2n) is 3.62. The number of aryl methyl sites for hydroxylation is 1. The van der Waals surface area contributed by atoms with Crippen LogP contribution in [0.3, 0.4) is 0 Å². The van der Waals surface area contributed by atoms with Gasteiger partial charge < -0.3 is 10.4 Å². The maximum atomic E-state index is 10.4. The molecule has 88 valence electrons. The molecule has 1 heterocycles. The standard InChI is InChI=1S/C12H12N2O2S/c1-8-11(17-7-14-8)10-4-2-9(3-5-10)6-13-12(15)16/h2-5,7,13H,6H2,1H3,(H,15,16). The molecule has 0 unspecified atom stereocenters. The van der Waals surface area contributed by atoms with Crippen molar-refractivity contribution in [3.05, 3.63) is 41.0 Å². The van der Waals surface area contributed by atoms with Crippen molar-refractivity contribution in [3.8, 4) is 10.4 Å². The molecule has 0 aliphatic heterocycles. The monoisotopic (exact) mass is 248 g/mol. The van der Waals surface area contributed by atoms with E-state index in [9.17, 15) is 4.79 Å². The van der Waals surface area contributed by atoms with E-state index in [4.69, 9.17) is 5.11 Å². The van der Waals surface area contributed by atoms with Crippen LogP contribution in [0.4, 0.5) is 4.79 Å². The molecule has 5 heteroatoms. The molecule has 2 N–H and O–H groups in total. The number of carboxylic acid groups (broad SMARTS) is 1. The highest BCUT2D eigenvalue weighted by Crippen LogP contribution is 2.27. The molecule has 2 aromatic rings. The molecular formula is C12H12N2O2S. The Morgan fingerprint density at radius 2 is 2.12 bits per heavy atom. The second kappa shape index (κ2) is 4.97. The summed E-state index contributed by atoms with van der Waals surface area (Å²) in [5, 5.41) is 10.8. The van der Waals surface area contributed by atoms with Crippen molar-refractivity contribution in [2.45, 2.75) is 13.5 Å². The molecule has 0 bridgehead atoms. The van der Waals surface area contributed by atoms with Gasteiger partial charge in [-0.3, -0.25) is 0 Å². The Hall–Kier alpha value is -1.88. The fourth-order valence-corrected chi connectivity index (χ4v) is 2.34. The lowest BCUT2D eigenvalue weighted by molar-refractivity contribution is 0.194. The number of benzene rings is 1. The van der Waals surface area contributed by atoms with Crippen LogP contribution in [0.25, 0.3) is 10.4 Å². The summed E-state index contributed by atoms with van der Waals surface area (Å²) in [7, 11) is 0. The van der Waals surface area contributed by atoms with Crippen LogP contribution in [0.2, 0.25) is 0 Å². The first-order chi connectivity index (χ1) is 8.16. The summed E-state index contributed by atoms with van der Waals surface area (Å²) in [6.07, 6.45) is -1.01. The Morgan fingerprint density at radius 1 is 1.41 bits per heavy atom. The van der Waals surface area contributed by atoms with Gasteiger partial charge in [-0.1, -0.05) is 24.3 Å². The minimum absolute atomic E-state index is 0.331. The molecule has 2 rings (SSSR count). The van der Waals surface area contributed by atoms with Crippen LogP contribution in [0.1, 0.15) is 11.3 Å². The Balaban J connectivity index is 2.13. The van der Waals surface area contributed by atoms with Gasteiger partial charge in [-0.25, -0.2) is 9.78 Å². The molecule has 17 heavy (non-hydrogen) atoms. The predicted molar refractivity (Wildman–Crippen MR) is 67.2 cm³/mol. The minimum Gasteiger partial charge on any atom is -0.465 e. The van der Waals surface area contributed by atoms with Crippen molar-refractivity contribution in [1.29, 1.82) is 0 Å². The Labute approximate surface area is 103 Å². The van der Waals surface area contributed by atoms with Crippen LogP contribution in [0.15, 0.2) is 29.8 Å². The molecule has 1 amide bonds. The van der Waals surface area contributed by atoms with E-state index in [0.29, 0.717) is 6.54 Å². The number of hydrogen-bond donors (Lipinski definition) is 2. The van der Waals surface area contributed by atoms with E-state index in [1.165, 1.54) is 0 Å². The van der Waals surface area contributed by atoms with Crippen molar-refractivity contribution >= 4 is 17.4 Å². The van der Waals surface area contributed by atoms with Gasteiger partial charge in [-0.2, -0.15) is 0 Å². The normalized spacial score (nSPS) is 10.2. The number of hydrogen-bond acceptors (Lipinski definition) is 3. The first-order valence-electron chi connectivity index (χ1n) is 5.13. The number of aromatic nitrogens is 1.